The van der Waals surface area contributed by atoms with Gasteiger partial charge in [0.2, 0.25) is 0 Å². The van der Waals surface area contributed by atoms with E-state index in [9.17, 15) is 0 Å². The fraction of sp³-hybridized carbons (Fsp3) is 0.391. The lowest BCUT2D eigenvalue weighted by molar-refractivity contribution is 0.648. The molecule has 2 N–H and O–H groups in total. The van der Waals surface area contributed by atoms with Gasteiger partial charge < -0.3 is 10.7 Å². The second-order valence-electron chi connectivity index (χ2n) is 7.87. The van der Waals surface area contributed by atoms with E-state index in [2.05, 4.69) is 47.0 Å². The summed E-state index contributed by atoms with van der Waals surface area (Å²) in [7, 11) is 0. The van der Waals surface area contributed by atoms with Gasteiger partial charge in [-0.15, -0.1) is 0 Å². The van der Waals surface area contributed by atoms with Crippen LogP contribution in [-0.4, -0.2) is 33.7 Å². The van der Waals surface area contributed by atoms with Crippen LogP contribution in [0.25, 0.3) is 17.3 Å². The molecule has 6 heteroatoms. The molecule has 0 saturated heterocycles. The van der Waals surface area contributed by atoms with Crippen molar-refractivity contribution in [3.05, 3.63) is 47.6 Å². The maximum atomic E-state index is 7.98. The number of nitrogens with zero attached hydrogens (tertiary/aromatic N) is 4. The largest absolute Gasteiger partial charge is 0.388 e. The van der Waals surface area contributed by atoms with Crippen molar-refractivity contribution in [3.8, 4) is 11.1 Å². The topological polar surface area (TPSA) is 79.0 Å². The van der Waals surface area contributed by atoms with Crippen molar-refractivity contribution in [2.75, 3.05) is 0 Å². The molecular weight excluding hydrogens is 360 g/mol. The summed E-state index contributed by atoms with van der Waals surface area (Å²) in [5.74, 6) is 1.11. The highest BCUT2D eigenvalue weighted by Gasteiger charge is 2.23. The lowest BCUT2D eigenvalue weighted by atomic mass is 9.92. The summed E-state index contributed by atoms with van der Waals surface area (Å²) in [5, 5.41) is 15.9. The predicted octanol–water partition coefficient (Wildman–Crippen LogP) is 5.15. The Labute approximate surface area is 173 Å². The SMILES string of the molecule is C=Nc1c(-c2cncc(C)c2)cnn1/C=C(/C(C=N)=C/NC(C)C)C1CCCC1. The van der Waals surface area contributed by atoms with Crippen LogP contribution in [0.3, 0.4) is 0 Å². The molecule has 0 atom stereocenters. The number of hydrogen-bond acceptors (Lipinski definition) is 5. The first-order valence-corrected chi connectivity index (χ1v) is 10.2. The molecule has 1 saturated carbocycles. The van der Waals surface area contributed by atoms with Gasteiger partial charge in [0.15, 0.2) is 5.82 Å². The molecule has 152 valence electrons. The van der Waals surface area contributed by atoms with Crippen molar-refractivity contribution in [3.63, 3.8) is 0 Å². The first-order chi connectivity index (χ1) is 14.0. The number of aliphatic imine (C=N–C) groups is 1. The van der Waals surface area contributed by atoms with Crippen molar-refractivity contribution in [2.45, 2.75) is 52.5 Å². The summed E-state index contributed by atoms with van der Waals surface area (Å²) < 4.78 is 1.78. The van der Waals surface area contributed by atoms with E-state index in [-0.39, 0.29) is 0 Å². The summed E-state index contributed by atoms with van der Waals surface area (Å²) in [6, 6.07) is 2.38. The molecule has 1 aliphatic rings. The molecule has 29 heavy (non-hydrogen) atoms. The number of allylic oxidation sites excluding steroid dienone is 2. The summed E-state index contributed by atoms with van der Waals surface area (Å²) >= 11 is 0. The zero-order valence-electron chi connectivity index (χ0n) is 17.5. The van der Waals surface area contributed by atoms with Crippen LogP contribution in [0.4, 0.5) is 5.82 Å². The van der Waals surface area contributed by atoms with Gasteiger partial charge in [-0.2, -0.15) is 5.10 Å². The van der Waals surface area contributed by atoms with Crippen molar-refractivity contribution >= 4 is 24.9 Å². The molecule has 0 aliphatic heterocycles. The van der Waals surface area contributed by atoms with Crippen LogP contribution < -0.4 is 5.32 Å². The minimum atomic E-state index is 0.310. The van der Waals surface area contributed by atoms with Crippen LogP contribution in [0.1, 0.15) is 45.1 Å². The number of rotatable bonds is 8. The van der Waals surface area contributed by atoms with Gasteiger partial charge in [-0.1, -0.05) is 12.8 Å². The highest BCUT2D eigenvalue weighted by molar-refractivity contribution is 5.85. The van der Waals surface area contributed by atoms with Crippen LogP contribution >= 0.6 is 0 Å². The van der Waals surface area contributed by atoms with Crippen molar-refractivity contribution < 1.29 is 0 Å². The Kier molecular flexibility index (Phi) is 6.75. The van der Waals surface area contributed by atoms with E-state index in [0.717, 1.165) is 40.7 Å². The lowest BCUT2D eigenvalue weighted by Crippen LogP contribution is -2.18. The maximum absolute atomic E-state index is 7.98. The molecule has 2 aromatic rings. The molecule has 0 radical (unpaired) electrons. The zero-order valence-corrected chi connectivity index (χ0v) is 17.5. The van der Waals surface area contributed by atoms with E-state index < -0.39 is 0 Å². The second-order valence-corrected chi connectivity index (χ2v) is 7.87. The average molecular weight is 391 g/mol. The first-order valence-electron chi connectivity index (χ1n) is 10.2. The van der Waals surface area contributed by atoms with Gasteiger partial charge in [0, 0.05) is 53.8 Å². The Hall–Kier alpha value is -3.02. The van der Waals surface area contributed by atoms with E-state index in [1.807, 2.05) is 37.9 Å². The standard InChI is InChI=1S/C23H30N6/c1-16(2)27-13-20(10-24)22(18-7-5-6-8-18)15-29-23(25-4)21(14-28-29)19-9-17(3)11-26-12-19/h9-16,18,24,27H,4-8H2,1-3H3/b20-13+,22-15+,24-10?. The minimum Gasteiger partial charge on any atom is -0.388 e. The molecule has 3 rings (SSSR count). The van der Waals surface area contributed by atoms with Gasteiger partial charge in [-0.05, 0) is 63.5 Å². The molecule has 0 unspecified atom stereocenters. The number of aryl methyl sites for hydroxylation is 1. The second kappa shape index (κ2) is 9.45. The van der Waals surface area contributed by atoms with Gasteiger partial charge >= 0.3 is 0 Å². The number of hydrogen-bond donors (Lipinski definition) is 2. The molecule has 0 spiro atoms. The smallest absolute Gasteiger partial charge is 0.162 e. The Morgan fingerprint density at radius 1 is 1.31 bits per heavy atom. The van der Waals surface area contributed by atoms with Crippen molar-refractivity contribution in [1.29, 1.82) is 5.41 Å². The maximum Gasteiger partial charge on any atom is 0.162 e. The summed E-state index contributed by atoms with van der Waals surface area (Å²) in [4.78, 5) is 8.55. The summed E-state index contributed by atoms with van der Waals surface area (Å²) in [6.45, 7) is 9.97. The van der Waals surface area contributed by atoms with Crippen molar-refractivity contribution in [1.82, 2.24) is 20.1 Å². The van der Waals surface area contributed by atoms with E-state index in [1.165, 1.54) is 19.1 Å². The Morgan fingerprint density at radius 2 is 2.07 bits per heavy atom. The molecule has 1 fully saturated rings. The van der Waals surface area contributed by atoms with Crippen LogP contribution in [0.5, 0.6) is 0 Å². The number of pyridine rings is 1. The third-order valence-electron chi connectivity index (χ3n) is 5.22. The Bertz CT molecular complexity index is 929. The van der Waals surface area contributed by atoms with Gasteiger partial charge in [-0.3, -0.25) is 4.98 Å². The summed E-state index contributed by atoms with van der Waals surface area (Å²) in [5.41, 5.74) is 4.96. The third kappa shape index (κ3) is 4.88. The summed E-state index contributed by atoms with van der Waals surface area (Å²) in [6.07, 6.45) is 15.5. The molecule has 6 nitrogen and oxygen atoms in total. The van der Waals surface area contributed by atoms with Gasteiger partial charge in [0.05, 0.1) is 6.20 Å². The highest BCUT2D eigenvalue weighted by Crippen LogP contribution is 2.36. The van der Waals surface area contributed by atoms with Crippen LogP contribution in [-0.2, 0) is 0 Å². The fourth-order valence-corrected chi connectivity index (χ4v) is 3.76. The molecule has 1 aliphatic carbocycles. The third-order valence-corrected chi connectivity index (χ3v) is 5.22. The van der Waals surface area contributed by atoms with Gasteiger partial charge in [-0.25, -0.2) is 9.67 Å². The molecule has 0 bridgehead atoms. The van der Waals surface area contributed by atoms with E-state index in [4.69, 9.17) is 5.41 Å². The Morgan fingerprint density at radius 3 is 2.69 bits per heavy atom. The van der Waals surface area contributed by atoms with Crippen LogP contribution in [0, 0.1) is 18.3 Å². The first kappa shape index (κ1) is 20.7. The molecule has 2 aromatic heterocycles. The quantitative estimate of drug-likeness (QED) is 0.483. The van der Waals surface area contributed by atoms with Crippen LogP contribution in [0.15, 0.2) is 47.0 Å². The van der Waals surface area contributed by atoms with Crippen LogP contribution in [0.2, 0.25) is 0 Å². The van der Waals surface area contributed by atoms with Gasteiger partial charge in [0.25, 0.3) is 0 Å². The fourth-order valence-electron chi connectivity index (χ4n) is 3.76. The number of nitrogens with one attached hydrogen (secondary N) is 2. The highest BCUT2D eigenvalue weighted by atomic mass is 15.3. The van der Waals surface area contributed by atoms with E-state index in [0.29, 0.717) is 17.8 Å². The number of aromatic nitrogens is 3. The van der Waals surface area contributed by atoms with Crippen molar-refractivity contribution in [2.24, 2.45) is 10.9 Å². The van der Waals surface area contributed by atoms with E-state index in [1.54, 1.807) is 4.68 Å². The lowest BCUT2D eigenvalue weighted by Gasteiger charge is -2.17. The monoisotopic (exact) mass is 390 g/mol. The molecule has 0 amide bonds. The normalized spacial score (nSPS) is 15.7. The molecule has 2 heterocycles. The molecule has 0 aromatic carbocycles. The predicted molar refractivity (Wildman–Crippen MR) is 121 cm³/mol. The Balaban J connectivity index is 2.06. The average Bonchev–Trinajstić information content (AvgIpc) is 3.37. The van der Waals surface area contributed by atoms with E-state index >= 15 is 0 Å². The zero-order chi connectivity index (χ0) is 20.8. The van der Waals surface area contributed by atoms with Gasteiger partial charge in [0.1, 0.15) is 0 Å². The minimum absolute atomic E-state index is 0.310. The molecular formula is C23H30N6.